The molecule has 2 heterocycles. The molecular weight excluding hydrogens is 362 g/mol. The van der Waals surface area contributed by atoms with E-state index in [1.165, 1.54) is 0 Å². The van der Waals surface area contributed by atoms with Crippen LogP contribution in [0.2, 0.25) is 0 Å². The molecule has 0 radical (unpaired) electrons. The van der Waals surface area contributed by atoms with Crippen molar-refractivity contribution in [2.45, 2.75) is 12.8 Å². The summed E-state index contributed by atoms with van der Waals surface area (Å²) in [6.45, 7) is 1.24. The number of amides is 1. The molecule has 0 saturated heterocycles. The van der Waals surface area contributed by atoms with Gasteiger partial charge in [0.2, 0.25) is 11.7 Å². The van der Waals surface area contributed by atoms with Crippen LogP contribution in [0.1, 0.15) is 39.3 Å². The molecule has 3 aromatic rings. The van der Waals surface area contributed by atoms with Crippen LogP contribution in [0, 0.1) is 0 Å². The molecule has 28 heavy (non-hydrogen) atoms. The SMILES string of the molecule is C[C@@H]1C(=O)Nc2ccc(C(=O)COC(=O)c3cc(=O)c4ccccc4o3)cc21. The highest BCUT2D eigenvalue weighted by molar-refractivity contribution is 6.05. The molecule has 1 aliphatic rings. The number of hydrogen-bond acceptors (Lipinski definition) is 6. The van der Waals surface area contributed by atoms with Gasteiger partial charge < -0.3 is 14.5 Å². The molecule has 7 heteroatoms. The van der Waals surface area contributed by atoms with E-state index in [-0.39, 0.29) is 28.6 Å². The zero-order valence-electron chi connectivity index (χ0n) is 14.9. The summed E-state index contributed by atoms with van der Waals surface area (Å²) in [4.78, 5) is 48.3. The van der Waals surface area contributed by atoms with E-state index >= 15 is 0 Å². The summed E-state index contributed by atoms with van der Waals surface area (Å²) in [6, 6.07) is 12.4. The first-order valence-electron chi connectivity index (χ1n) is 8.62. The second kappa shape index (κ2) is 6.77. The largest absolute Gasteiger partial charge is 0.451 e. The Balaban J connectivity index is 1.49. The van der Waals surface area contributed by atoms with Crippen LogP contribution in [-0.2, 0) is 9.53 Å². The van der Waals surface area contributed by atoms with Crippen LogP contribution >= 0.6 is 0 Å². The maximum atomic E-state index is 12.4. The van der Waals surface area contributed by atoms with Gasteiger partial charge in [0, 0.05) is 17.3 Å². The Kier molecular flexibility index (Phi) is 4.27. The highest BCUT2D eigenvalue weighted by atomic mass is 16.5. The van der Waals surface area contributed by atoms with E-state index in [4.69, 9.17) is 9.15 Å². The van der Waals surface area contributed by atoms with Gasteiger partial charge in [0.25, 0.3) is 0 Å². The zero-order chi connectivity index (χ0) is 19.8. The Morgan fingerprint density at radius 1 is 1.11 bits per heavy atom. The molecule has 7 nitrogen and oxygen atoms in total. The molecule has 0 spiro atoms. The molecule has 0 bridgehead atoms. The van der Waals surface area contributed by atoms with Crippen molar-refractivity contribution in [1.29, 1.82) is 0 Å². The molecule has 1 aliphatic heterocycles. The lowest BCUT2D eigenvalue weighted by Gasteiger charge is -2.07. The predicted molar refractivity (Wildman–Crippen MR) is 101 cm³/mol. The summed E-state index contributed by atoms with van der Waals surface area (Å²) in [6.07, 6.45) is 0. The average Bonchev–Trinajstić information content (AvgIpc) is 2.99. The lowest BCUT2D eigenvalue weighted by Crippen LogP contribution is -2.16. The number of fused-ring (bicyclic) bond motifs is 2. The molecule has 1 amide bonds. The highest BCUT2D eigenvalue weighted by Crippen LogP contribution is 2.32. The summed E-state index contributed by atoms with van der Waals surface area (Å²) in [7, 11) is 0. The molecule has 2 aromatic carbocycles. The van der Waals surface area contributed by atoms with E-state index in [0.29, 0.717) is 16.6 Å². The summed E-state index contributed by atoms with van der Waals surface area (Å²) >= 11 is 0. The highest BCUT2D eigenvalue weighted by Gasteiger charge is 2.27. The van der Waals surface area contributed by atoms with Gasteiger partial charge in [0.15, 0.2) is 17.8 Å². The van der Waals surface area contributed by atoms with Gasteiger partial charge in [-0.15, -0.1) is 0 Å². The number of anilines is 1. The first-order chi connectivity index (χ1) is 13.4. The first-order valence-corrected chi connectivity index (χ1v) is 8.62. The number of rotatable bonds is 4. The Labute approximate surface area is 158 Å². The summed E-state index contributed by atoms with van der Waals surface area (Å²) in [5.41, 5.74) is 1.62. The van der Waals surface area contributed by atoms with Crippen molar-refractivity contribution in [3.8, 4) is 0 Å². The van der Waals surface area contributed by atoms with E-state index in [9.17, 15) is 19.2 Å². The number of carbonyl (C=O) groups is 3. The van der Waals surface area contributed by atoms with Crippen LogP contribution < -0.4 is 10.7 Å². The summed E-state index contributed by atoms with van der Waals surface area (Å²) < 4.78 is 10.4. The fourth-order valence-electron chi connectivity index (χ4n) is 3.08. The molecule has 0 unspecified atom stereocenters. The van der Waals surface area contributed by atoms with Gasteiger partial charge in [-0.2, -0.15) is 0 Å². The Morgan fingerprint density at radius 2 is 1.89 bits per heavy atom. The monoisotopic (exact) mass is 377 g/mol. The normalized spacial score (nSPS) is 15.2. The average molecular weight is 377 g/mol. The molecule has 0 aliphatic carbocycles. The number of Topliss-reactive ketones (excluding diaryl/α,β-unsaturated/α-hetero) is 1. The van der Waals surface area contributed by atoms with Crippen LogP contribution in [0.3, 0.4) is 0 Å². The van der Waals surface area contributed by atoms with Crippen molar-refractivity contribution >= 4 is 34.3 Å². The Bertz CT molecular complexity index is 1190. The fraction of sp³-hybridized carbons (Fsp3) is 0.143. The molecule has 0 saturated carbocycles. The molecular formula is C21H15NO6. The smallest absolute Gasteiger partial charge is 0.374 e. The van der Waals surface area contributed by atoms with Crippen molar-refractivity contribution in [1.82, 2.24) is 0 Å². The van der Waals surface area contributed by atoms with Crippen molar-refractivity contribution < 1.29 is 23.5 Å². The molecule has 1 aromatic heterocycles. The standard InChI is InChI=1S/C21H15NO6/c1-11-14-8-12(6-7-15(14)22-20(11)25)17(24)10-27-21(26)19-9-16(23)13-4-2-3-5-18(13)28-19/h2-9,11H,10H2,1H3,(H,22,25)/t11-/m0/s1. The number of benzene rings is 2. The minimum absolute atomic E-state index is 0.127. The number of carbonyl (C=O) groups excluding carboxylic acids is 3. The van der Waals surface area contributed by atoms with E-state index in [1.54, 1.807) is 49.4 Å². The number of ketones is 1. The zero-order valence-corrected chi connectivity index (χ0v) is 14.9. The van der Waals surface area contributed by atoms with Crippen molar-refractivity contribution in [2.24, 2.45) is 0 Å². The van der Waals surface area contributed by atoms with Gasteiger partial charge in [-0.05, 0) is 42.8 Å². The number of esters is 1. The van der Waals surface area contributed by atoms with Gasteiger partial charge in [-0.1, -0.05) is 12.1 Å². The molecule has 1 N–H and O–H groups in total. The third-order valence-electron chi connectivity index (χ3n) is 4.66. The lowest BCUT2D eigenvalue weighted by molar-refractivity contribution is -0.116. The number of hydrogen-bond donors (Lipinski definition) is 1. The fourth-order valence-corrected chi connectivity index (χ4v) is 3.08. The summed E-state index contributed by atoms with van der Waals surface area (Å²) in [5, 5.41) is 3.08. The van der Waals surface area contributed by atoms with Crippen molar-refractivity contribution in [3.05, 3.63) is 75.6 Å². The van der Waals surface area contributed by atoms with Gasteiger partial charge in [0.05, 0.1) is 11.3 Å². The van der Waals surface area contributed by atoms with E-state index in [2.05, 4.69) is 5.32 Å². The quantitative estimate of drug-likeness (QED) is 0.554. The van der Waals surface area contributed by atoms with Gasteiger partial charge in [0.1, 0.15) is 5.58 Å². The van der Waals surface area contributed by atoms with Crippen LogP contribution in [-0.4, -0.2) is 24.3 Å². The topological polar surface area (TPSA) is 103 Å². The molecule has 140 valence electrons. The van der Waals surface area contributed by atoms with E-state index in [1.807, 2.05) is 0 Å². The first kappa shape index (κ1) is 17.7. The van der Waals surface area contributed by atoms with Crippen molar-refractivity contribution in [2.75, 3.05) is 11.9 Å². The van der Waals surface area contributed by atoms with Crippen LogP contribution in [0.15, 0.2) is 57.7 Å². The molecule has 1 atom stereocenters. The van der Waals surface area contributed by atoms with Crippen molar-refractivity contribution in [3.63, 3.8) is 0 Å². The molecule has 0 fully saturated rings. The predicted octanol–water partition coefficient (Wildman–Crippen LogP) is 2.89. The maximum Gasteiger partial charge on any atom is 0.374 e. The minimum atomic E-state index is -0.900. The van der Waals surface area contributed by atoms with Crippen LogP contribution in [0.25, 0.3) is 11.0 Å². The van der Waals surface area contributed by atoms with Crippen LogP contribution in [0.4, 0.5) is 5.69 Å². The molecule has 4 rings (SSSR count). The minimum Gasteiger partial charge on any atom is -0.451 e. The maximum absolute atomic E-state index is 12.4. The number of nitrogens with one attached hydrogen (secondary N) is 1. The lowest BCUT2D eigenvalue weighted by atomic mass is 9.99. The Hall–Kier alpha value is -3.74. The number of para-hydroxylation sites is 1. The van der Waals surface area contributed by atoms with Gasteiger partial charge in [-0.25, -0.2) is 4.79 Å². The van der Waals surface area contributed by atoms with Crippen LogP contribution in [0.5, 0.6) is 0 Å². The number of ether oxygens (including phenoxy) is 1. The second-order valence-corrected chi connectivity index (χ2v) is 6.48. The van der Waals surface area contributed by atoms with E-state index in [0.717, 1.165) is 11.6 Å². The van der Waals surface area contributed by atoms with Gasteiger partial charge in [-0.3, -0.25) is 14.4 Å². The second-order valence-electron chi connectivity index (χ2n) is 6.48. The van der Waals surface area contributed by atoms with E-state index < -0.39 is 18.4 Å². The third-order valence-corrected chi connectivity index (χ3v) is 4.66. The third kappa shape index (κ3) is 3.07. The Morgan fingerprint density at radius 3 is 2.71 bits per heavy atom. The van der Waals surface area contributed by atoms with Gasteiger partial charge >= 0.3 is 5.97 Å². The summed E-state index contributed by atoms with van der Waals surface area (Å²) in [5.74, 6) is -2.07.